The van der Waals surface area contributed by atoms with E-state index in [1.54, 1.807) is 0 Å². The minimum atomic E-state index is 0.915. The van der Waals surface area contributed by atoms with E-state index in [9.17, 15) is 0 Å². The molecular formula is C13H18BrN. The van der Waals surface area contributed by atoms with E-state index >= 15 is 0 Å². The third-order valence-corrected chi connectivity index (χ3v) is 3.75. The third kappa shape index (κ3) is 2.75. The summed E-state index contributed by atoms with van der Waals surface area (Å²) in [5.41, 5.74) is 2.72. The molecule has 0 bridgehead atoms. The van der Waals surface area contributed by atoms with Crippen molar-refractivity contribution in [3.8, 4) is 0 Å². The summed E-state index contributed by atoms with van der Waals surface area (Å²) in [5, 5.41) is 3.57. The van der Waals surface area contributed by atoms with Crippen molar-refractivity contribution in [3.63, 3.8) is 0 Å². The van der Waals surface area contributed by atoms with Gasteiger partial charge < -0.3 is 5.32 Å². The summed E-state index contributed by atoms with van der Waals surface area (Å²) >= 11 is 3.51. The normalized spacial score (nSPS) is 16.1. The van der Waals surface area contributed by atoms with Gasteiger partial charge in [0.25, 0.3) is 0 Å². The largest absolute Gasteiger partial charge is 0.385 e. The Kier molecular flexibility index (Phi) is 3.68. The Morgan fingerprint density at radius 2 is 2.20 bits per heavy atom. The lowest BCUT2D eigenvalue weighted by molar-refractivity contribution is 0.333. The predicted molar refractivity (Wildman–Crippen MR) is 69.4 cm³/mol. The quantitative estimate of drug-likeness (QED) is 0.861. The van der Waals surface area contributed by atoms with Crippen molar-refractivity contribution in [1.29, 1.82) is 0 Å². The molecule has 0 aliphatic heterocycles. The van der Waals surface area contributed by atoms with Gasteiger partial charge in [-0.2, -0.15) is 0 Å². The highest BCUT2D eigenvalue weighted by atomic mass is 79.9. The molecule has 1 aliphatic carbocycles. The number of halogens is 1. The summed E-state index contributed by atoms with van der Waals surface area (Å²) in [7, 11) is 0. The maximum absolute atomic E-state index is 3.57. The van der Waals surface area contributed by atoms with Gasteiger partial charge in [0.1, 0.15) is 0 Å². The van der Waals surface area contributed by atoms with Gasteiger partial charge in [-0.25, -0.2) is 0 Å². The summed E-state index contributed by atoms with van der Waals surface area (Å²) in [4.78, 5) is 0. The second-order valence-electron chi connectivity index (χ2n) is 4.33. The van der Waals surface area contributed by atoms with Gasteiger partial charge in [0, 0.05) is 16.7 Å². The number of hydrogen-bond acceptors (Lipinski definition) is 1. The molecule has 0 atom stereocenters. The van der Waals surface area contributed by atoms with Crippen LogP contribution in [0.25, 0.3) is 0 Å². The molecule has 0 radical (unpaired) electrons. The molecule has 1 aromatic rings. The Labute approximate surface area is 100 Å². The predicted octanol–water partition coefficient (Wildman–Crippen LogP) is 4.22. The molecule has 0 unspecified atom stereocenters. The molecule has 0 saturated heterocycles. The van der Waals surface area contributed by atoms with Gasteiger partial charge in [-0.3, -0.25) is 0 Å². The molecule has 1 saturated carbocycles. The summed E-state index contributed by atoms with van der Waals surface area (Å²) < 4.78 is 1.17. The van der Waals surface area contributed by atoms with E-state index in [1.807, 2.05) is 0 Å². The monoisotopic (exact) mass is 267 g/mol. The van der Waals surface area contributed by atoms with Gasteiger partial charge in [-0.05, 0) is 48.9 Å². The van der Waals surface area contributed by atoms with E-state index in [0.29, 0.717) is 0 Å². The zero-order valence-corrected chi connectivity index (χ0v) is 10.8. The topological polar surface area (TPSA) is 12.0 Å². The molecule has 2 heteroatoms. The Hall–Kier alpha value is -0.500. The molecule has 1 nitrogen and oxygen atoms in total. The fourth-order valence-electron chi connectivity index (χ4n) is 1.98. The minimum absolute atomic E-state index is 0.915. The molecule has 0 spiro atoms. The molecule has 82 valence electrons. The van der Waals surface area contributed by atoms with Crippen molar-refractivity contribution < 1.29 is 0 Å². The van der Waals surface area contributed by atoms with Crippen LogP contribution in [-0.2, 0) is 6.42 Å². The molecule has 1 aliphatic rings. The zero-order valence-electron chi connectivity index (χ0n) is 9.22. The first-order valence-corrected chi connectivity index (χ1v) is 6.61. The summed E-state index contributed by atoms with van der Waals surface area (Å²) in [6.45, 7) is 3.35. The molecule has 1 fully saturated rings. The first kappa shape index (κ1) is 11.0. The Morgan fingerprint density at radius 3 is 2.80 bits per heavy atom. The average Bonchev–Trinajstić information content (AvgIpc) is 2.17. The number of nitrogens with one attached hydrogen (secondary N) is 1. The van der Waals surface area contributed by atoms with Crippen LogP contribution >= 0.6 is 15.9 Å². The van der Waals surface area contributed by atoms with Crippen molar-refractivity contribution in [2.45, 2.75) is 32.6 Å². The van der Waals surface area contributed by atoms with Crippen LogP contribution in [0.1, 0.15) is 31.7 Å². The van der Waals surface area contributed by atoms with Crippen molar-refractivity contribution in [3.05, 3.63) is 28.2 Å². The standard InChI is InChI=1S/C13H18BrN/c1-2-11-8-12(14)6-7-13(11)15-9-10-4-3-5-10/h6-8,10,15H,2-5,9H2,1H3. The highest BCUT2D eigenvalue weighted by Gasteiger charge is 2.16. The molecule has 2 rings (SSSR count). The van der Waals surface area contributed by atoms with Crippen molar-refractivity contribution in [2.24, 2.45) is 5.92 Å². The van der Waals surface area contributed by atoms with Crippen LogP contribution in [0.4, 0.5) is 5.69 Å². The third-order valence-electron chi connectivity index (χ3n) is 3.25. The smallest absolute Gasteiger partial charge is 0.0373 e. The Balaban J connectivity index is 1.99. The van der Waals surface area contributed by atoms with E-state index in [0.717, 1.165) is 18.9 Å². The number of aryl methyl sites for hydroxylation is 1. The van der Waals surface area contributed by atoms with E-state index < -0.39 is 0 Å². The number of benzene rings is 1. The van der Waals surface area contributed by atoms with Crippen LogP contribution < -0.4 is 5.32 Å². The molecule has 0 amide bonds. The van der Waals surface area contributed by atoms with E-state index in [2.05, 4.69) is 46.4 Å². The Morgan fingerprint density at radius 1 is 1.40 bits per heavy atom. The molecule has 0 aromatic heterocycles. The number of anilines is 1. The second kappa shape index (κ2) is 5.02. The van der Waals surface area contributed by atoms with Gasteiger partial charge in [0.2, 0.25) is 0 Å². The first-order valence-electron chi connectivity index (χ1n) is 5.82. The van der Waals surface area contributed by atoms with Crippen LogP contribution in [0.5, 0.6) is 0 Å². The Bertz CT molecular complexity index is 331. The summed E-state index contributed by atoms with van der Waals surface area (Å²) in [5.74, 6) is 0.915. The summed E-state index contributed by atoms with van der Waals surface area (Å²) in [6.07, 6.45) is 5.33. The van der Waals surface area contributed by atoms with Crippen molar-refractivity contribution in [1.82, 2.24) is 0 Å². The lowest BCUT2D eigenvalue weighted by atomic mass is 9.85. The molecule has 15 heavy (non-hydrogen) atoms. The highest BCUT2D eigenvalue weighted by molar-refractivity contribution is 9.10. The maximum Gasteiger partial charge on any atom is 0.0373 e. The molecule has 1 aromatic carbocycles. The SMILES string of the molecule is CCc1cc(Br)ccc1NCC1CCC1. The molecule has 0 heterocycles. The van der Waals surface area contributed by atoms with Gasteiger partial charge in [0.15, 0.2) is 0 Å². The van der Waals surface area contributed by atoms with Gasteiger partial charge in [0.05, 0.1) is 0 Å². The summed E-state index contributed by atoms with van der Waals surface area (Å²) in [6, 6.07) is 6.51. The fourth-order valence-corrected chi connectivity index (χ4v) is 2.39. The van der Waals surface area contributed by atoms with Crippen LogP contribution in [0.2, 0.25) is 0 Å². The van der Waals surface area contributed by atoms with E-state index in [4.69, 9.17) is 0 Å². The van der Waals surface area contributed by atoms with Crippen molar-refractivity contribution >= 4 is 21.6 Å². The van der Waals surface area contributed by atoms with E-state index in [-0.39, 0.29) is 0 Å². The maximum atomic E-state index is 3.57. The zero-order chi connectivity index (χ0) is 10.7. The van der Waals surface area contributed by atoms with Crippen LogP contribution in [0.3, 0.4) is 0 Å². The number of rotatable bonds is 4. The lowest BCUT2D eigenvalue weighted by Crippen LogP contribution is -2.21. The highest BCUT2D eigenvalue weighted by Crippen LogP contribution is 2.28. The van der Waals surface area contributed by atoms with Gasteiger partial charge in [-0.1, -0.05) is 29.3 Å². The van der Waals surface area contributed by atoms with E-state index in [1.165, 1.54) is 35.0 Å². The van der Waals surface area contributed by atoms with Crippen LogP contribution in [-0.4, -0.2) is 6.54 Å². The second-order valence-corrected chi connectivity index (χ2v) is 5.25. The minimum Gasteiger partial charge on any atom is -0.385 e. The van der Waals surface area contributed by atoms with Crippen LogP contribution in [0.15, 0.2) is 22.7 Å². The average molecular weight is 268 g/mol. The first-order chi connectivity index (χ1) is 7.29. The van der Waals surface area contributed by atoms with Crippen molar-refractivity contribution in [2.75, 3.05) is 11.9 Å². The van der Waals surface area contributed by atoms with Gasteiger partial charge >= 0.3 is 0 Å². The number of hydrogen-bond donors (Lipinski definition) is 1. The van der Waals surface area contributed by atoms with Crippen LogP contribution in [0, 0.1) is 5.92 Å². The van der Waals surface area contributed by atoms with Gasteiger partial charge in [-0.15, -0.1) is 0 Å². The fraction of sp³-hybridized carbons (Fsp3) is 0.538. The molecular weight excluding hydrogens is 250 g/mol. The molecule has 1 N–H and O–H groups in total. The lowest BCUT2D eigenvalue weighted by Gasteiger charge is -2.26.